The molecule has 0 amide bonds. The van der Waals surface area contributed by atoms with Gasteiger partial charge in [0, 0.05) is 12.1 Å². The first-order valence-corrected chi connectivity index (χ1v) is 5.89. The van der Waals surface area contributed by atoms with Crippen molar-refractivity contribution in [3.05, 3.63) is 17.0 Å². The normalized spacial score (nSPS) is 17.7. The highest BCUT2D eigenvalue weighted by atomic mass is 35.5. The number of hydrogen-bond acceptors (Lipinski definition) is 3. The maximum absolute atomic E-state index is 5.88. The van der Waals surface area contributed by atoms with Crippen molar-refractivity contribution >= 4 is 17.4 Å². The molecule has 0 saturated heterocycles. The highest BCUT2D eigenvalue weighted by molar-refractivity contribution is 6.29. The lowest BCUT2D eigenvalue weighted by molar-refractivity contribution is 0.461. The Morgan fingerprint density at radius 1 is 1.27 bits per heavy atom. The van der Waals surface area contributed by atoms with Crippen molar-refractivity contribution in [3.8, 4) is 0 Å². The summed E-state index contributed by atoms with van der Waals surface area (Å²) in [6, 6.07) is 2.35. The molecule has 82 valence electrons. The van der Waals surface area contributed by atoms with Crippen molar-refractivity contribution in [2.75, 3.05) is 5.32 Å². The van der Waals surface area contributed by atoms with Crippen molar-refractivity contribution < 1.29 is 0 Å². The van der Waals surface area contributed by atoms with E-state index < -0.39 is 0 Å². The lowest BCUT2D eigenvalue weighted by Crippen LogP contribution is -2.23. The summed E-state index contributed by atoms with van der Waals surface area (Å²) >= 11 is 5.88. The molecule has 2 rings (SSSR count). The lowest BCUT2D eigenvalue weighted by atomic mass is 9.95. The second kappa shape index (κ2) is 4.79. The Labute approximate surface area is 95.3 Å². The zero-order valence-corrected chi connectivity index (χ0v) is 9.72. The number of nitrogens with zero attached hydrogens (tertiary/aromatic N) is 2. The summed E-state index contributed by atoms with van der Waals surface area (Å²) in [5.74, 6) is 1.58. The second-order valence-corrected chi connectivity index (χ2v) is 4.49. The van der Waals surface area contributed by atoms with Gasteiger partial charge in [-0.15, -0.1) is 0 Å². The smallest absolute Gasteiger partial charge is 0.134 e. The molecular weight excluding hydrogens is 210 g/mol. The molecule has 0 aromatic carbocycles. The third-order valence-corrected chi connectivity index (χ3v) is 2.96. The Morgan fingerprint density at radius 2 is 2.00 bits per heavy atom. The fourth-order valence-electron chi connectivity index (χ4n) is 2.06. The molecule has 0 radical (unpaired) electrons. The first kappa shape index (κ1) is 10.7. The van der Waals surface area contributed by atoms with Crippen LogP contribution in [-0.4, -0.2) is 16.0 Å². The van der Waals surface area contributed by atoms with Crippen LogP contribution < -0.4 is 5.32 Å². The average molecular weight is 226 g/mol. The van der Waals surface area contributed by atoms with E-state index in [1.807, 2.05) is 6.92 Å². The maximum Gasteiger partial charge on any atom is 0.134 e. The molecule has 0 bridgehead atoms. The van der Waals surface area contributed by atoms with E-state index in [1.165, 1.54) is 32.1 Å². The Bertz CT molecular complexity index is 314. The molecule has 1 aliphatic rings. The second-order valence-electron chi connectivity index (χ2n) is 4.10. The number of halogens is 1. The molecule has 1 N–H and O–H groups in total. The summed E-state index contributed by atoms with van der Waals surface area (Å²) < 4.78 is 0. The number of nitrogens with one attached hydrogen (secondary N) is 1. The van der Waals surface area contributed by atoms with Gasteiger partial charge in [0.15, 0.2) is 0 Å². The van der Waals surface area contributed by atoms with E-state index in [4.69, 9.17) is 11.6 Å². The molecule has 4 heteroatoms. The number of rotatable bonds is 2. The fraction of sp³-hybridized carbons (Fsp3) is 0.636. The standard InChI is InChI=1S/C11H16ClN3/c1-8-13-10(12)7-11(14-8)15-9-5-3-2-4-6-9/h7,9H,2-6H2,1H3,(H,13,14,15). The lowest BCUT2D eigenvalue weighted by Gasteiger charge is -2.23. The summed E-state index contributed by atoms with van der Waals surface area (Å²) in [6.07, 6.45) is 6.47. The van der Waals surface area contributed by atoms with E-state index in [-0.39, 0.29) is 0 Å². The minimum atomic E-state index is 0.515. The van der Waals surface area contributed by atoms with Crippen LogP contribution in [0.2, 0.25) is 5.15 Å². The third kappa shape index (κ3) is 3.06. The maximum atomic E-state index is 5.88. The average Bonchev–Trinajstić information content (AvgIpc) is 2.17. The zero-order chi connectivity index (χ0) is 10.7. The van der Waals surface area contributed by atoms with Crippen molar-refractivity contribution in [2.24, 2.45) is 0 Å². The van der Waals surface area contributed by atoms with Gasteiger partial charge in [-0.2, -0.15) is 0 Å². The highest BCUT2D eigenvalue weighted by Crippen LogP contribution is 2.21. The molecule has 1 aliphatic carbocycles. The predicted octanol–water partition coefficient (Wildman–Crippen LogP) is 3.18. The topological polar surface area (TPSA) is 37.8 Å². The van der Waals surface area contributed by atoms with Gasteiger partial charge < -0.3 is 5.32 Å². The van der Waals surface area contributed by atoms with E-state index in [0.29, 0.717) is 11.2 Å². The van der Waals surface area contributed by atoms with Gasteiger partial charge in [-0.05, 0) is 19.8 Å². The van der Waals surface area contributed by atoms with Gasteiger partial charge in [0.2, 0.25) is 0 Å². The summed E-state index contributed by atoms with van der Waals surface area (Å²) in [6.45, 7) is 1.86. The molecule has 0 atom stereocenters. The number of aromatic nitrogens is 2. The Hall–Kier alpha value is -0.830. The zero-order valence-electron chi connectivity index (χ0n) is 8.96. The molecule has 0 spiro atoms. The third-order valence-electron chi connectivity index (χ3n) is 2.76. The predicted molar refractivity (Wildman–Crippen MR) is 62.3 cm³/mol. The van der Waals surface area contributed by atoms with E-state index in [9.17, 15) is 0 Å². The monoisotopic (exact) mass is 225 g/mol. The molecule has 0 aliphatic heterocycles. The minimum Gasteiger partial charge on any atom is -0.367 e. The van der Waals surface area contributed by atoms with Crippen LogP contribution in [0.3, 0.4) is 0 Å². The number of anilines is 1. The SMILES string of the molecule is Cc1nc(Cl)cc(NC2CCCCC2)n1. The molecule has 15 heavy (non-hydrogen) atoms. The molecule has 0 unspecified atom stereocenters. The summed E-state index contributed by atoms with van der Waals surface area (Å²) in [5.41, 5.74) is 0. The highest BCUT2D eigenvalue weighted by Gasteiger charge is 2.13. The van der Waals surface area contributed by atoms with E-state index in [0.717, 1.165) is 11.6 Å². The molecule has 1 saturated carbocycles. The molecule has 1 aromatic rings. The van der Waals surface area contributed by atoms with Gasteiger partial charge in [-0.25, -0.2) is 9.97 Å². The van der Waals surface area contributed by atoms with Gasteiger partial charge in [0.1, 0.15) is 16.8 Å². The number of hydrogen-bond donors (Lipinski definition) is 1. The molecular formula is C11H16ClN3. The van der Waals surface area contributed by atoms with Crippen LogP contribution in [0.4, 0.5) is 5.82 Å². The minimum absolute atomic E-state index is 0.515. The van der Waals surface area contributed by atoms with Crippen molar-refractivity contribution in [2.45, 2.75) is 45.1 Å². The fourth-order valence-corrected chi connectivity index (χ4v) is 2.29. The van der Waals surface area contributed by atoms with Gasteiger partial charge >= 0.3 is 0 Å². The molecule has 3 nitrogen and oxygen atoms in total. The largest absolute Gasteiger partial charge is 0.367 e. The van der Waals surface area contributed by atoms with Gasteiger partial charge in [0.05, 0.1) is 0 Å². The molecule has 1 aromatic heterocycles. The summed E-state index contributed by atoms with van der Waals surface area (Å²) in [4.78, 5) is 8.36. The molecule has 1 fully saturated rings. The Balaban J connectivity index is 2.02. The van der Waals surface area contributed by atoms with Crippen LogP contribution in [0.15, 0.2) is 6.07 Å². The van der Waals surface area contributed by atoms with E-state index >= 15 is 0 Å². The van der Waals surface area contributed by atoms with Crippen LogP contribution in [0.25, 0.3) is 0 Å². The summed E-state index contributed by atoms with van der Waals surface area (Å²) in [5, 5.41) is 3.94. The van der Waals surface area contributed by atoms with Crippen LogP contribution in [0, 0.1) is 6.92 Å². The van der Waals surface area contributed by atoms with Crippen LogP contribution in [0.1, 0.15) is 37.9 Å². The Morgan fingerprint density at radius 3 is 2.67 bits per heavy atom. The van der Waals surface area contributed by atoms with Crippen LogP contribution in [-0.2, 0) is 0 Å². The van der Waals surface area contributed by atoms with Crippen molar-refractivity contribution in [1.82, 2.24) is 9.97 Å². The summed E-state index contributed by atoms with van der Waals surface area (Å²) in [7, 11) is 0. The van der Waals surface area contributed by atoms with Crippen LogP contribution >= 0.6 is 11.6 Å². The van der Waals surface area contributed by atoms with Gasteiger partial charge in [-0.1, -0.05) is 30.9 Å². The van der Waals surface area contributed by atoms with E-state index in [2.05, 4.69) is 15.3 Å². The Kier molecular flexibility index (Phi) is 3.41. The first-order chi connectivity index (χ1) is 7.24. The molecule has 1 heterocycles. The van der Waals surface area contributed by atoms with Crippen molar-refractivity contribution in [1.29, 1.82) is 0 Å². The quantitative estimate of drug-likeness (QED) is 0.786. The van der Waals surface area contributed by atoms with Gasteiger partial charge in [-0.3, -0.25) is 0 Å². The number of aryl methyl sites for hydroxylation is 1. The van der Waals surface area contributed by atoms with Gasteiger partial charge in [0.25, 0.3) is 0 Å². The van der Waals surface area contributed by atoms with Crippen LogP contribution in [0.5, 0.6) is 0 Å². The van der Waals surface area contributed by atoms with Crippen molar-refractivity contribution in [3.63, 3.8) is 0 Å². The first-order valence-electron chi connectivity index (χ1n) is 5.52. The van der Waals surface area contributed by atoms with E-state index in [1.54, 1.807) is 6.07 Å².